The summed E-state index contributed by atoms with van der Waals surface area (Å²) < 4.78 is 15.2. The second-order valence-electron chi connectivity index (χ2n) is 3.77. The van der Waals surface area contributed by atoms with E-state index in [4.69, 9.17) is 14.2 Å². The molecule has 0 aliphatic heterocycles. The van der Waals surface area contributed by atoms with Gasteiger partial charge in [0.2, 0.25) is 0 Å². The van der Waals surface area contributed by atoms with Crippen molar-refractivity contribution in [1.82, 2.24) is 0 Å². The Morgan fingerprint density at radius 1 is 1.26 bits per heavy atom. The highest BCUT2D eigenvalue weighted by Crippen LogP contribution is 2.30. The van der Waals surface area contributed by atoms with E-state index in [9.17, 15) is 4.79 Å². The molecule has 1 aromatic rings. The number of hydrogen-bond donors (Lipinski definition) is 1. The summed E-state index contributed by atoms with van der Waals surface area (Å²) in [6, 6.07) is 5.42. The summed E-state index contributed by atoms with van der Waals surface area (Å²) in [5, 5.41) is 3.08. The van der Waals surface area contributed by atoms with Crippen molar-refractivity contribution >= 4 is 11.7 Å². The van der Waals surface area contributed by atoms with Gasteiger partial charge in [0.15, 0.2) is 11.5 Å². The average molecular weight is 265 g/mol. The van der Waals surface area contributed by atoms with Gasteiger partial charge in [0, 0.05) is 23.5 Å². The van der Waals surface area contributed by atoms with E-state index in [2.05, 4.69) is 5.32 Å². The summed E-state index contributed by atoms with van der Waals surface area (Å²) in [4.78, 5) is 11.3. The van der Waals surface area contributed by atoms with Gasteiger partial charge in [0.05, 0.1) is 20.8 Å². The Balaban J connectivity index is 2.79. The van der Waals surface area contributed by atoms with E-state index in [1.807, 2.05) is 6.07 Å². The van der Waals surface area contributed by atoms with E-state index in [1.54, 1.807) is 40.2 Å². The van der Waals surface area contributed by atoms with Crippen LogP contribution in [0, 0.1) is 0 Å². The third-order valence-electron chi connectivity index (χ3n) is 2.35. The highest BCUT2D eigenvalue weighted by molar-refractivity contribution is 5.83. The lowest BCUT2D eigenvalue weighted by Crippen LogP contribution is -2.04. The molecule has 5 nitrogen and oxygen atoms in total. The molecule has 1 aromatic carbocycles. The average Bonchev–Trinajstić information content (AvgIpc) is 2.38. The van der Waals surface area contributed by atoms with Crippen LogP contribution in [0.5, 0.6) is 11.5 Å². The molecule has 19 heavy (non-hydrogen) atoms. The number of carbonyl (C=O) groups is 1. The predicted molar refractivity (Wildman–Crippen MR) is 73.6 cm³/mol. The fourth-order valence-electron chi connectivity index (χ4n) is 1.54. The number of allylic oxidation sites excluding steroid dienone is 1. The van der Waals surface area contributed by atoms with Crippen LogP contribution in [0.2, 0.25) is 0 Å². The van der Waals surface area contributed by atoms with Gasteiger partial charge in [0.25, 0.3) is 0 Å². The molecule has 0 unspecified atom stereocenters. The minimum absolute atomic E-state index is 0.360. The molecular weight excluding hydrogens is 246 g/mol. The van der Waals surface area contributed by atoms with Crippen molar-refractivity contribution in [1.29, 1.82) is 0 Å². The number of ether oxygens (including phenoxy) is 3. The maximum Gasteiger partial charge on any atom is 0.332 e. The van der Waals surface area contributed by atoms with Crippen LogP contribution < -0.4 is 14.8 Å². The first-order chi connectivity index (χ1) is 9.10. The fourth-order valence-corrected chi connectivity index (χ4v) is 1.54. The van der Waals surface area contributed by atoms with Crippen LogP contribution in [0.15, 0.2) is 30.0 Å². The third-order valence-corrected chi connectivity index (χ3v) is 2.35. The van der Waals surface area contributed by atoms with Gasteiger partial charge in [-0.15, -0.1) is 0 Å². The second kappa shape index (κ2) is 7.31. The van der Waals surface area contributed by atoms with Crippen molar-refractivity contribution in [2.24, 2.45) is 0 Å². The molecule has 0 atom stereocenters. The van der Waals surface area contributed by atoms with E-state index in [0.29, 0.717) is 23.8 Å². The first-order valence-corrected chi connectivity index (χ1v) is 5.94. The number of esters is 1. The first-order valence-electron chi connectivity index (χ1n) is 5.94. The second-order valence-corrected chi connectivity index (χ2v) is 3.77. The van der Waals surface area contributed by atoms with Crippen molar-refractivity contribution in [3.05, 3.63) is 30.0 Å². The van der Waals surface area contributed by atoms with E-state index < -0.39 is 0 Å². The van der Waals surface area contributed by atoms with Crippen molar-refractivity contribution in [3.8, 4) is 11.5 Å². The highest BCUT2D eigenvalue weighted by atomic mass is 16.5. The summed E-state index contributed by atoms with van der Waals surface area (Å²) in [6.07, 6.45) is 1.40. The number of methoxy groups -OCH3 is 2. The molecular formula is C14H19NO4. The van der Waals surface area contributed by atoms with Crippen molar-refractivity contribution in [2.75, 3.05) is 26.1 Å². The lowest BCUT2D eigenvalue weighted by Gasteiger charge is -2.11. The van der Waals surface area contributed by atoms with Crippen LogP contribution in [0.4, 0.5) is 5.69 Å². The zero-order valence-corrected chi connectivity index (χ0v) is 11.6. The maximum absolute atomic E-state index is 11.3. The first kappa shape index (κ1) is 14.9. The Morgan fingerprint density at radius 3 is 2.53 bits per heavy atom. The van der Waals surface area contributed by atoms with E-state index >= 15 is 0 Å². The van der Waals surface area contributed by atoms with Gasteiger partial charge >= 0.3 is 5.97 Å². The Morgan fingerprint density at radius 2 is 1.95 bits per heavy atom. The molecule has 0 saturated heterocycles. The Labute approximate surface area is 113 Å². The van der Waals surface area contributed by atoms with E-state index in [0.717, 1.165) is 5.69 Å². The molecule has 0 fully saturated rings. The van der Waals surface area contributed by atoms with Gasteiger partial charge < -0.3 is 19.5 Å². The lowest BCUT2D eigenvalue weighted by atomic mass is 10.2. The Bertz CT molecular complexity index is 469. The van der Waals surface area contributed by atoms with E-state index in [-0.39, 0.29) is 5.97 Å². The van der Waals surface area contributed by atoms with Crippen LogP contribution in [0.1, 0.15) is 13.8 Å². The summed E-state index contributed by atoms with van der Waals surface area (Å²) in [5.74, 6) is 0.907. The van der Waals surface area contributed by atoms with Crippen LogP contribution >= 0.6 is 0 Å². The fraction of sp³-hybridized carbons (Fsp3) is 0.357. The third kappa shape index (κ3) is 4.54. The number of anilines is 1. The quantitative estimate of drug-likeness (QED) is 0.633. The van der Waals surface area contributed by atoms with Gasteiger partial charge in [-0.3, -0.25) is 0 Å². The SMILES string of the molecule is CCOC(=O)C=C(C)Nc1ccc(OC)c(OC)c1. The molecule has 0 saturated carbocycles. The monoisotopic (exact) mass is 265 g/mol. The smallest absolute Gasteiger partial charge is 0.332 e. The van der Waals surface area contributed by atoms with Crippen LogP contribution in [0.25, 0.3) is 0 Å². The summed E-state index contributed by atoms with van der Waals surface area (Å²) in [7, 11) is 3.15. The molecule has 104 valence electrons. The Kier molecular flexibility index (Phi) is 5.73. The molecule has 0 aromatic heterocycles. The Hall–Kier alpha value is -2.17. The number of hydrogen-bond acceptors (Lipinski definition) is 5. The molecule has 0 heterocycles. The van der Waals surface area contributed by atoms with Gasteiger partial charge in [0.1, 0.15) is 0 Å². The number of carbonyl (C=O) groups excluding carboxylic acids is 1. The van der Waals surface area contributed by atoms with Gasteiger partial charge in [-0.25, -0.2) is 4.79 Å². The topological polar surface area (TPSA) is 56.8 Å². The number of rotatable bonds is 6. The maximum atomic E-state index is 11.3. The molecule has 5 heteroatoms. The molecule has 0 aliphatic rings. The van der Waals surface area contributed by atoms with E-state index in [1.165, 1.54) is 6.08 Å². The van der Waals surface area contributed by atoms with Crippen LogP contribution in [0.3, 0.4) is 0 Å². The zero-order valence-electron chi connectivity index (χ0n) is 11.6. The standard InChI is InChI=1S/C14H19NO4/c1-5-19-14(16)8-10(2)15-11-6-7-12(17-3)13(9-11)18-4/h6-9,15H,5H2,1-4H3. The summed E-state index contributed by atoms with van der Waals surface area (Å²) in [6.45, 7) is 3.91. The van der Waals surface area contributed by atoms with Gasteiger partial charge in [-0.05, 0) is 26.0 Å². The predicted octanol–water partition coefficient (Wildman–Crippen LogP) is 2.58. The molecule has 0 radical (unpaired) electrons. The van der Waals surface area contributed by atoms with Crippen LogP contribution in [-0.4, -0.2) is 26.8 Å². The largest absolute Gasteiger partial charge is 0.493 e. The molecule has 0 aliphatic carbocycles. The molecule has 1 N–H and O–H groups in total. The summed E-state index contributed by atoms with van der Waals surface area (Å²) >= 11 is 0. The van der Waals surface area contributed by atoms with Crippen molar-refractivity contribution in [3.63, 3.8) is 0 Å². The summed E-state index contributed by atoms with van der Waals surface area (Å²) in [5.41, 5.74) is 1.49. The van der Waals surface area contributed by atoms with Gasteiger partial charge in [-0.1, -0.05) is 0 Å². The number of nitrogens with one attached hydrogen (secondary N) is 1. The minimum atomic E-state index is -0.368. The lowest BCUT2D eigenvalue weighted by molar-refractivity contribution is -0.137. The van der Waals surface area contributed by atoms with Crippen molar-refractivity contribution in [2.45, 2.75) is 13.8 Å². The zero-order chi connectivity index (χ0) is 14.3. The molecule has 0 amide bonds. The highest BCUT2D eigenvalue weighted by Gasteiger charge is 2.05. The van der Waals surface area contributed by atoms with Gasteiger partial charge in [-0.2, -0.15) is 0 Å². The molecule has 0 spiro atoms. The molecule has 1 rings (SSSR count). The normalized spacial score (nSPS) is 10.8. The van der Waals surface area contributed by atoms with Crippen LogP contribution in [-0.2, 0) is 9.53 Å². The number of benzene rings is 1. The minimum Gasteiger partial charge on any atom is -0.493 e. The van der Waals surface area contributed by atoms with Crippen molar-refractivity contribution < 1.29 is 19.0 Å². The molecule has 0 bridgehead atoms.